The first kappa shape index (κ1) is 13.5. The maximum atomic E-state index is 13.3. The summed E-state index contributed by atoms with van der Waals surface area (Å²) in [6.45, 7) is 2.61. The molecule has 0 aliphatic heterocycles. The van der Waals surface area contributed by atoms with Crippen LogP contribution in [-0.2, 0) is 13.0 Å². The lowest BCUT2D eigenvalue weighted by molar-refractivity contribution is 0.629. The maximum Gasteiger partial charge on any atom is 0.127 e. The Morgan fingerprint density at radius 1 is 1.45 bits per heavy atom. The van der Waals surface area contributed by atoms with Crippen LogP contribution in [0.25, 0.3) is 11.0 Å². The third kappa shape index (κ3) is 2.55. The SMILES string of the molecule is CC(Cl)c1nc2cc(F)ccc2n1CCc1cscn1. The van der Waals surface area contributed by atoms with Crippen LogP contribution >= 0.6 is 22.9 Å². The van der Waals surface area contributed by atoms with Crippen molar-refractivity contribution in [2.24, 2.45) is 0 Å². The van der Waals surface area contributed by atoms with Crippen molar-refractivity contribution in [2.45, 2.75) is 25.3 Å². The molecule has 0 spiro atoms. The van der Waals surface area contributed by atoms with Crippen molar-refractivity contribution >= 4 is 34.0 Å². The number of halogens is 2. The molecule has 0 saturated carbocycles. The van der Waals surface area contributed by atoms with E-state index in [1.54, 1.807) is 17.4 Å². The summed E-state index contributed by atoms with van der Waals surface area (Å²) in [5.41, 5.74) is 4.42. The molecule has 20 heavy (non-hydrogen) atoms. The zero-order valence-electron chi connectivity index (χ0n) is 10.9. The lowest BCUT2D eigenvalue weighted by Gasteiger charge is -2.09. The normalized spacial score (nSPS) is 12.9. The Kier molecular flexibility index (Phi) is 3.72. The van der Waals surface area contributed by atoms with E-state index in [2.05, 4.69) is 9.97 Å². The van der Waals surface area contributed by atoms with Gasteiger partial charge in [0.1, 0.15) is 11.6 Å². The summed E-state index contributed by atoms with van der Waals surface area (Å²) in [4.78, 5) is 8.72. The van der Waals surface area contributed by atoms with Gasteiger partial charge in [0.2, 0.25) is 0 Å². The summed E-state index contributed by atoms with van der Waals surface area (Å²) in [6.07, 6.45) is 0.808. The van der Waals surface area contributed by atoms with E-state index in [4.69, 9.17) is 11.6 Å². The Morgan fingerprint density at radius 2 is 2.30 bits per heavy atom. The minimum Gasteiger partial charge on any atom is -0.326 e. The number of fused-ring (bicyclic) bond motifs is 1. The van der Waals surface area contributed by atoms with Gasteiger partial charge < -0.3 is 4.57 Å². The van der Waals surface area contributed by atoms with Gasteiger partial charge >= 0.3 is 0 Å². The van der Waals surface area contributed by atoms with Gasteiger partial charge in [-0.25, -0.2) is 14.4 Å². The maximum absolute atomic E-state index is 13.3. The second kappa shape index (κ2) is 5.50. The highest BCUT2D eigenvalue weighted by Gasteiger charge is 2.15. The van der Waals surface area contributed by atoms with Crippen LogP contribution in [0.2, 0.25) is 0 Å². The summed E-state index contributed by atoms with van der Waals surface area (Å²) in [5.74, 6) is 0.484. The van der Waals surface area contributed by atoms with E-state index in [0.717, 1.165) is 30.0 Å². The predicted molar refractivity (Wildman–Crippen MR) is 79.8 cm³/mol. The first-order valence-electron chi connectivity index (χ1n) is 6.32. The van der Waals surface area contributed by atoms with Gasteiger partial charge in [-0.2, -0.15) is 0 Å². The fourth-order valence-electron chi connectivity index (χ4n) is 2.25. The topological polar surface area (TPSA) is 30.7 Å². The van der Waals surface area contributed by atoms with Gasteiger partial charge in [-0.05, 0) is 19.1 Å². The third-order valence-corrected chi connectivity index (χ3v) is 4.00. The number of imidazole rings is 1. The van der Waals surface area contributed by atoms with E-state index < -0.39 is 0 Å². The van der Waals surface area contributed by atoms with Crippen LogP contribution in [0, 0.1) is 5.82 Å². The average Bonchev–Trinajstić information content (AvgIpc) is 3.02. The van der Waals surface area contributed by atoms with E-state index in [1.165, 1.54) is 12.1 Å². The molecular weight excluding hydrogens is 297 g/mol. The lowest BCUT2D eigenvalue weighted by Crippen LogP contribution is -2.07. The average molecular weight is 310 g/mol. The number of alkyl halides is 1. The molecule has 0 fully saturated rings. The quantitative estimate of drug-likeness (QED) is 0.677. The molecule has 0 aliphatic carbocycles. The summed E-state index contributed by atoms with van der Waals surface area (Å²) in [5, 5.41) is 1.81. The first-order valence-corrected chi connectivity index (χ1v) is 7.70. The van der Waals surface area contributed by atoms with Crippen LogP contribution in [0.3, 0.4) is 0 Å². The molecule has 0 amide bonds. The smallest absolute Gasteiger partial charge is 0.127 e. The predicted octanol–water partition coefficient (Wildman–Crippen LogP) is 4.17. The molecule has 0 bridgehead atoms. The second-order valence-electron chi connectivity index (χ2n) is 4.60. The summed E-state index contributed by atoms with van der Waals surface area (Å²) >= 11 is 7.77. The van der Waals surface area contributed by atoms with Crippen molar-refractivity contribution in [1.29, 1.82) is 0 Å². The monoisotopic (exact) mass is 309 g/mol. The molecule has 3 rings (SSSR count). The molecular formula is C14H13ClFN3S. The largest absolute Gasteiger partial charge is 0.326 e. The molecule has 0 radical (unpaired) electrons. The first-order chi connectivity index (χ1) is 9.65. The van der Waals surface area contributed by atoms with Crippen LogP contribution in [0.5, 0.6) is 0 Å². The molecule has 2 aromatic heterocycles. The number of aryl methyl sites for hydroxylation is 2. The van der Waals surface area contributed by atoms with Crippen LogP contribution in [-0.4, -0.2) is 14.5 Å². The highest BCUT2D eigenvalue weighted by molar-refractivity contribution is 7.07. The van der Waals surface area contributed by atoms with Crippen LogP contribution in [0.15, 0.2) is 29.1 Å². The molecule has 104 valence electrons. The number of benzene rings is 1. The molecule has 3 aromatic rings. The number of hydrogen-bond donors (Lipinski definition) is 0. The fourth-order valence-corrected chi connectivity index (χ4v) is 3.01. The zero-order valence-corrected chi connectivity index (χ0v) is 12.5. The summed E-state index contributed by atoms with van der Waals surface area (Å²) in [7, 11) is 0. The second-order valence-corrected chi connectivity index (χ2v) is 5.97. The van der Waals surface area contributed by atoms with E-state index in [0.29, 0.717) is 5.52 Å². The van der Waals surface area contributed by atoms with Crippen molar-refractivity contribution in [3.05, 3.63) is 46.4 Å². The van der Waals surface area contributed by atoms with Gasteiger partial charge in [0.25, 0.3) is 0 Å². The minimum atomic E-state index is -0.282. The van der Waals surface area contributed by atoms with Gasteiger partial charge in [0.05, 0.1) is 27.6 Å². The molecule has 0 N–H and O–H groups in total. The molecule has 0 saturated heterocycles. The molecule has 6 heteroatoms. The van der Waals surface area contributed by atoms with E-state index in [9.17, 15) is 4.39 Å². The fraction of sp³-hybridized carbons (Fsp3) is 0.286. The molecule has 1 aromatic carbocycles. The standard InChI is InChI=1S/C14H13ClFN3S/c1-9(15)14-18-12-6-10(16)2-3-13(12)19(14)5-4-11-7-20-8-17-11/h2-3,6-9H,4-5H2,1H3. The third-order valence-electron chi connectivity index (χ3n) is 3.17. The van der Waals surface area contributed by atoms with Crippen LogP contribution < -0.4 is 0 Å². The van der Waals surface area contributed by atoms with Crippen LogP contribution in [0.4, 0.5) is 4.39 Å². The lowest BCUT2D eigenvalue weighted by atomic mass is 10.3. The molecule has 1 unspecified atom stereocenters. The van der Waals surface area contributed by atoms with Crippen molar-refractivity contribution in [3.8, 4) is 0 Å². The van der Waals surface area contributed by atoms with E-state index >= 15 is 0 Å². The van der Waals surface area contributed by atoms with Crippen molar-refractivity contribution in [3.63, 3.8) is 0 Å². The Labute approximate surface area is 125 Å². The number of thiazole rings is 1. The van der Waals surface area contributed by atoms with Gasteiger partial charge in [0.15, 0.2) is 0 Å². The number of nitrogens with zero attached hydrogens (tertiary/aromatic N) is 3. The number of aromatic nitrogens is 3. The molecule has 1 atom stereocenters. The van der Waals surface area contributed by atoms with Gasteiger partial charge in [-0.3, -0.25) is 0 Å². The number of hydrogen-bond acceptors (Lipinski definition) is 3. The molecule has 2 heterocycles. The highest BCUT2D eigenvalue weighted by atomic mass is 35.5. The van der Waals surface area contributed by atoms with Gasteiger partial charge in [-0.1, -0.05) is 0 Å². The molecule has 3 nitrogen and oxygen atoms in total. The van der Waals surface area contributed by atoms with Crippen molar-refractivity contribution < 1.29 is 4.39 Å². The summed E-state index contributed by atoms with van der Waals surface area (Å²) in [6, 6.07) is 4.64. The Morgan fingerprint density at radius 3 is 3.00 bits per heavy atom. The minimum absolute atomic E-state index is 0.221. The highest BCUT2D eigenvalue weighted by Crippen LogP contribution is 2.25. The van der Waals surface area contributed by atoms with Crippen molar-refractivity contribution in [2.75, 3.05) is 0 Å². The van der Waals surface area contributed by atoms with Gasteiger partial charge in [0, 0.05) is 24.4 Å². The molecule has 0 aliphatic rings. The van der Waals surface area contributed by atoms with Gasteiger partial charge in [-0.15, -0.1) is 22.9 Å². The van der Waals surface area contributed by atoms with E-state index in [1.807, 2.05) is 22.4 Å². The Hall–Kier alpha value is -1.46. The Balaban J connectivity index is 2.00. The number of rotatable bonds is 4. The zero-order chi connectivity index (χ0) is 14.1. The van der Waals surface area contributed by atoms with Crippen LogP contribution in [0.1, 0.15) is 23.8 Å². The van der Waals surface area contributed by atoms with E-state index in [-0.39, 0.29) is 11.2 Å². The van der Waals surface area contributed by atoms with Crippen molar-refractivity contribution in [1.82, 2.24) is 14.5 Å². The Bertz CT molecular complexity index is 721. The summed E-state index contributed by atoms with van der Waals surface area (Å²) < 4.78 is 15.3.